The summed E-state index contributed by atoms with van der Waals surface area (Å²) in [5.41, 5.74) is 1.27. The molecule has 0 fully saturated rings. The number of esters is 1. The second-order valence-corrected chi connectivity index (χ2v) is 3.08. The van der Waals surface area contributed by atoms with E-state index in [1.54, 1.807) is 4.99 Å². The van der Waals surface area contributed by atoms with Gasteiger partial charge in [-0.25, -0.2) is 4.79 Å². The third-order valence-corrected chi connectivity index (χ3v) is 2.37. The zero-order chi connectivity index (χ0) is 10.0. The summed E-state index contributed by atoms with van der Waals surface area (Å²) in [6, 6.07) is 0. The lowest BCUT2D eigenvalue weighted by molar-refractivity contribution is 0.0594. The topological polar surface area (TPSA) is 42.1 Å². The highest BCUT2D eigenvalue weighted by molar-refractivity contribution is 9.14. The fraction of sp³-hybridized carbons (Fsp3) is 0.222. The van der Waals surface area contributed by atoms with Crippen molar-refractivity contribution >= 4 is 33.5 Å². The van der Waals surface area contributed by atoms with Gasteiger partial charge in [0.1, 0.15) is 5.69 Å². The Balaban J connectivity index is 3.43. The molecule has 70 valence electrons. The van der Waals surface area contributed by atoms with Gasteiger partial charge in [0, 0.05) is 4.99 Å². The minimum Gasteiger partial charge on any atom is -0.464 e. The van der Waals surface area contributed by atoms with Crippen LogP contribution in [0, 0.1) is 6.92 Å². The maximum atomic E-state index is 11.2. The Kier molecular flexibility index (Phi) is 2.93. The lowest BCUT2D eigenvalue weighted by atomic mass is 10.2. The SMILES string of the molecule is C=c1c(C)c(C(=O)OC)[nH]/c1=C\Br. The summed E-state index contributed by atoms with van der Waals surface area (Å²) < 4.78 is 4.60. The zero-order valence-corrected chi connectivity index (χ0v) is 9.06. The number of halogens is 1. The Labute approximate surface area is 84.2 Å². The third kappa shape index (κ3) is 1.67. The zero-order valence-electron chi connectivity index (χ0n) is 7.48. The number of H-pyrrole nitrogens is 1. The predicted octanol–water partition coefficient (Wildman–Crippen LogP) is 0.653. The standard InChI is InChI=1S/C9H10BrNO2/c1-5-6(2)8(9(12)13-3)11-7(5)4-10/h4,11H,1H2,2-3H3/b7-4-. The van der Waals surface area contributed by atoms with Crippen molar-refractivity contribution in [1.29, 1.82) is 0 Å². The summed E-state index contributed by atoms with van der Waals surface area (Å²) >= 11 is 3.18. The van der Waals surface area contributed by atoms with Crippen molar-refractivity contribution in [2.75, 3.05) is 7.11 Å². The fourth-order valence-corrected chi connectivity index (χ4v) is 1.45. The van der Waals surface area contributed by atoms with Crippen LogP contribution in [0.3, 0.4) is 0 Å². The van der Waals surface area contributed by atoms with Crippen molar-refractivity contribution in [2.45, 2.75) is 6.92 Å². The number of hydrogen-bond acceptors (Lipinski definition) is 2. The summed E-state index contributed by atoms with van der Waals surface area (Å²) in [5.74, 6) is -0.372. The molecule has 1 N–H and O–H groups in total. The number of nitrogens with one attached hydrogen (secondary N) is 1. The lowest BCUT2D eigenvalue weighted by Gasteiger charge is -1.95. The summed E-state index contributed by atoms with van der Waals surface area (Å²) in [6.07, 6.45) is 0. The van der Waals surface area contributed by atoms with E-state index in [4.69, 9.17) is 0 Å². The van der Waals surface area contributed by atoms with Crippen LogP contribution in [-0.2, 0) is 4.74 Å². The maximum absolute atomic E-state index is 11.2. The Morgan fingerprint density at radius 3 is 2.69 bits per heavy atom. The fourth-order valence-electron chi connectivity index (χ4n) is 1.06. The lowest BCUT2D eigenvalue weighted by Crippen LogP contribution is -2.20. The van der Waals surface area contributed by atoms with Crippen LogP contribution < -0.4 is 10.6 Å². The van der Waals surface area contributed by atoms with Gasteiger partial charge in [0.2, 0.25) is 0 Å². The highest BCUT2D eigenvalue weighted by Crippen LogP contribution is 1.98. The molecule has 1 aromatic rings. The first-order valence-corrected chi connectivity index (χ1v) is 4.59. The Hall–Kier alpha value is -1.03. The first-order chi connectivity index (χ1) is 6.11. The minimum absolute atomic E-state index is 0.372. The minimum atomic E-state index is -0.372. The number of carbonyl (C=O) groups is 1. The van der Waals surface area contributed by atoms with Crippen LogP contribution in [0.2, 0.25) is 0 Å². The number of ether oxygens (including phenoxy) is 1. The summed E-state index contributed by atoms with van der Waals surface area (Å²) in [7, 11) is 1.35. The first kappa shape index (κ1) is 10.1. The monoisotopic (exact) mass is 243 g/mol. The maximum Gasteiger partial charge on any atom is 0.354 e. The average molecular weight is 244 g/mol. The predicted molar refractivity (Wildman–Crippen MR) is 55.0 cm³/mol. The molecular formula is C9H10BrNO2. The molecule has 1 heterocycles. The van der Waals surface area contributed by atoms with Gasteiger partial charge >= 0.3 is 5.97 Å². The van der Waals surface area contributed by atoms with Gasteiger partial charge in [0.05, 0.1) is 12.5 Å². The van der Waals surface area contributed by atoms with Gasteiger partial charge in [-0.3, -0.25) is 0 Å². The van der Waals surface area contributed by atoms with Gasteiger partial charge in [0.25, 0.3) is 0 Å². The van der Waals surface area contributed by atoms with Crippen molar-refractivity contribution < 1.29 is 9.53 Å². The molecule has 0 spiro atoms. The summed E-state index contributed by atoms with van der Waals surface area (Å²) in [4.78, 5) is 15.8. The largest absolute Gasteiger partial charge is 0.464 e. The number of aromatic nitrogens is 1. The van der Waals surface area contributed by atoms with Gasteiger partial charge < -0.3 is 9.72 Å². The van der Waals surface area contributed by atoms with Crippen LogP contribution in [0.1, 0.15) is 16.1 Å². The van der Waals surface area contributed by atoms with Crippen LogP contribution >= 0.6 is 15.9 Å². The van der Waals surface area contributed by atoms with E-state index in [9.17, 15) is 4.79 Å². The van der Waals surface area contributed by atoms with Crippen LogP contribution in [0.25, 0.3) is 11.6 Å². The molecule has 0 saturated carbocycles. The van der Waals surface area contributed by atoms with Gasteiger partial charge in [-0.05, 0) is 17.7 Å². The Morgan fingerprint density at radius 1 is 1.69 bits per heavy atom. The molecule has 1 rings (SSSR count). The number of rotatable bonds is 1. The average Bonchev–Trinajstić information content (AvgIpc) is 2.43. The highest BCUT2D eigenvalue weighted by atomic mass is 79.9. The van der Waals surface area contributed by atoms with Crippen LogP contribution in [0.15, 0.2) is 0 Å². The van der Waals surface area contributed by atoms with E-state index in [0.29, 0.717) is 5.69 Å². The van der Waals surface area contributed by atoms with E-state index in [1.807, 2.05) is 6.92 Å². The van der Waals surface area contributed by atoms with E-state index >= 15 is 0 Å². The second-order valence-electron chi connectivity index (χ2n) is 2.62. The summed E-state index contributed by atoms with van der Waals surface area (Å²) in [6.45, 7) is 5.65. The second kappa shape index (κ2) is 3.79. The van der Waals surface area contributed by atoms with Crippen LogP contribution in [0.4, 0.5) is 0 Å². The number of aromatic amines is 1. The van der Waals surface area contributed by atoms with Crippen molar-refractivity contribution in [3.05, 3.63) is 21.8 Å². The molecule has 0 aliphatic rings. The molecule has 0 aromatic carbocycles. The molecule has 0 aliphatic heterocycles. The van der Waals surface area contributed by atoms with Crippen molar-refractivity contribution in [1.82, 2.24) is 4.98 Å². The molecule has 0 radical (unpaired) electrons. The molecular weight excluding hydrogens is 234 g/mol. The molecule has 4 heteroatoms. The van der Waals surface area contributed by atoms with Gasteiger partial charge in [-0.15, -0.1) is 0 Å². The molecule has 1 aromatic heterocycles. The van der Waals surface area contributed by atoms with Gasteiger partial charge in [-0.2, -0.15) is 0 Å². The van der Waals surface area contributed by atoms with Crippen molar-refractivity contribution in [2.24, 2.45) is 0 Å². The summed E-state index contributed by atoms with van der Waals surface area (Å²) in [5, 5.41) is 1.59. The van der Waals surface area contributed by atoms with E-state index in [-0.39, 0.29) is 5.97 Å². The van der Waals surface area contributed by atoms with Gasteiger partial charge in [0.15, 0.2) is 0 Å². The number of carbonyl (C=O) groups excluding carboxylic acids is 1. The van der Waals surface area contributed by atoms with Crippen LogP contribution in [0.5, 0.6) is 0 Å². The van der Waals surface area contributed by atoms with Crippen LogP contribution in [-0.4, -0.2) is 18.1 Å². The highest BCUT2D eigenvalue weighted by Gasteiger charge is 2.11. The van der Waals surface area contributed by atoms with E-state index in [2.05, 4.69) is 32.2 Å². The van der Waals surface area contributed by atoms with Crippen molar-refractivity contribution in [3.63, 3.8) is 0 Å². The molecule has 0 saturated heterocycles. The van der Waals surface area contributed by atoms with Crippen molar-refractivity contribution in [3.8, 4) is 0 Å². The smallest absolute Gasteiger partial charge is 0.354 e. The van der Waals surface area contributed by atoms with E-state index < -0.39 is 0 Å². The molecule has 0 amide bonds. The van der Waals surface area contributed by atoms with Gasteiger partial charge in [-0.1, -0.05) is 22.5 Å². The molecule has 0 atom stereocenters. The molecule has 0 bridgehead atoms. The Bertz CT molecular complexity index is 433. The quantitative estimate of drug-likeness (QED) is 0.737. The molecule has 0 unspecified atom stereocenters. The Morgan fingerprint density at radius 2 is 2.31 bits per heavy atom. The van der Waals surface area contributed by atoms with E-state index in [0.717, 1.165) is 16.1 Å². The number of hydrogen-bond donors (Lipinski definition) is 1. The molecule has 3 nitrogen and oxygen atoms in total. The normalized spacial score (nSPS) is 11.8. The third-order valence-electron chi connectivity index (χ3n) is 1.91. The van der Waals surface area contributed by atoms with E-state index in [1.165, 1.54) is 7.11 Å². The molecule has 0 aliphatic carbocycles. The number of methoxy groups -OCH3 is 1. The first-order valence-electron chi connectivity index (χ1n) is 3.68. The molecule has 13 heavy (non-hydrogen) atoms.